The molecule has 21 heavy (non-hydrogen) atoms. The third-order valence-electron chi connectivity index (χ3n) is 3.00. The fourth-order valence-corrected chi connectivity index (χ4v) is 1.74. The first-order valence-electron chi connectivity index (χ1n) is 6.47. The largest absolute Gasteiger partial charge is 0.481 e. The number of amides is 1. The molecule has 0 saturated carbocycles. The Labute approximate surface area is 122 Å². The van der Waals surface area contributed by atoms with Crippen LogP contribution in [0.1, 0.15) is 43.1 Å². The molecule has 0 heterocycles. The Morgan fingerprint density at radius 3 is 2.00 bits per heavy atom. The van der Waals surface area contributed by atoms with Crippen molar-refractivity contribution in [3.63, 3.8) is 0 Å². The molecule has 6 nitrogen and oxygen atoms in total. The SMILES string of the molecule is CC(C)(C)c1ccc(C(=O)N[C@@H](CC(=O)O)C(=O)O)cc1. The van der Waals surface area contributed by atoms with Crippen molar-refractivity contribution in [1.29, 1.82) is 0 Å². The Bertz CT molecular complexity index is 542. The van der Waals surface area contributed by atoms with Crippen LogP contribution in [0.3, 0.4) is 0 Å². The Morgan fingerprint density at radius 2 is 1.62 bits per heavy atom. The van der Waals surface area contributed by atoms with Gasteiger partial charge in [-0.25, -0.2) is 4.79 Å². The van der Waals surface area contributed by atoms with Gasteiger partial charge in [-0.3, -0.25) is 9.59 Å². The fraction of sp³-hybridized carbons (Fsp3) is 0.400. The smallest absolute Gasteiger partial charge is 0.326 e. The minimum atomic E-state index is -1.45. The van der Waals surface area contributed by atoms with Crippen LogP contribution in [0.2, 0.25) is 0 Å². The van der Waals surface area contributed by atoms with E-state index in [1.807, 2.05) is 20.8 Å². The highest BCUT2D eigenvalue weighted by molar-refractivity contribution is 5.97. The lowest BCUT2D eigenvalue weighted by atomic mass is 9.86. The molecule has 0 fully saturated rings. The van der Waals surface area contributed by atoms with E-state index >= 15 is 0 Å². The van der Waals surface area contributed by atoms with E-state index < -0.39 is 30.3 Å². The summed E-state index contributed by atoms with van der Waals surface area (Å²) in [5, 5.41) is 19.7. The molecule has 6 heteroatoms. The molecule has 1 aromatic rings. The van der Waals surface area contributed by atoms with Gasteiger partial charge in [0.25, 0.3) is 5.91 Å². The Kier molecular flexibility index (Phi) is 5.07. The lowest BCUT2D eigenvalue weighted by molar-refractivity contribution is -0.145. The van der Waals surface area contributed by atoms with Crippen LogP contribution in [0.25, 0.3) is 0 Å². The van der Waals surface area contributed by atoms with Crippen molar-refractivity contribution in [2.75, 3.05) is 0 Å². The second-order valence-electron chi connectivity index (χ2n) is 5.79. The van der Waals surface area contributed by atoms with E-state index in [1.54, 1.807) is 24.3 Å². The number of hydrogen-bond acceptors (Lipinski definition) is 3. The zero-order valence-electron chi connectivity index (χ0n) is 12.2. The molecule has 0 aliphatic rings. The summed E-state index contributed by atoms with van der Waals surface area (Å²) in [4.78, 5) is 33.4. The van der Waals surface area contributed by atoms with Crippen LogP contribution < -0.4 is 5.32 Å². The third-order valence-corrected chi connectivity index (χ3v) is 3.00. The van der Waals surface area contributed by atoms with E-state index in [2.05, 4.69) is 5.32 Å². The van der Waals surface area contributed by atoms with Crippen LogP contribution in [0.4, 0.5) is 0 Å². The van der Waals surface area contributed by atoms with Crippen molar-refractivity contribution in [3.05, 3.63) is 35.4 Å². The van der Waals surface area contributed by atoms with Gasteiger partial charge in [0.1, 0.15) is 6.04 Å². The molecule has 1 amide bonds. The van der Waals surface area contributed by atoms with E-state index in [-0.39, 0.29) is 5.41 Å². The highest BCUT2D eigenvalue weighted by Crippen LogP contribution is 2.22. The molecule has 1 atom stereocenters. The lowest BCUT2D eigenvalue weighted by Crippen LogP contribution is -2.42. The van der Waals surface area contributed by atoms with Gasteiger partial charge in [-0.15, -0.1) is 0 Å². The molecule has 3 N–H and O–H groups in total. The second-order valence-corrected chi connectivity index (χ2v) is 5.79. The van der Waals surface area contributed by atoms with Crippen LogP contribution in [0, 0.1) is 0 Å². The highest BCUT2D eigenvalue weighted by atomic mass is 16.4. The fourth-order valence-electron chi connectivity index (χ4n) is 1.74. The van der Waals surface area contributed by atoms with Gasteiger partial charge < -0.3 is 15.5 Å². The summed E-state index contributed by atoms with van der Waals surface area (Å²) in [5.41, 5.74) is 1.28. The highest BCUT2D eigenvalue weighted by Gasteiger charge is 2.23. The predicted octanol–water partition coefficient (Wildman–Crippen LogP) is 1.64. The van der Waals surface area contributed by atoms with Gasteiger partial charge in [0.15, 0.2) is 0 Å². The van der Waals surface area contributed by atoms with Crippen LogP contribution in [0.15, 0.2) is 24.3 Å². The first-order chi connectivity index (χ1) is 9.61. The van der Waals surface area contributed by atoms with Gasteiger partial charge in [0.05, 0.1) is 6.42 Å². The summed E-state index contributed by atoms with van der Waals surface area (Å²) < 4.78 is 0. The number of carboxylic acid groups (broad SMARTS) is 2. The molecule has 1 rings (SSSR count). The van der Waals surface area contributed by atoms with Crippen molar-refractivity contribution in [3.8, 4) is 0 Å². The maximum absolute atomic E-state index is 11.9. The first-order valence-corrected chi connectivity index (χ1v) is 6.47. The number of carboxylic acids is 2. The molecule has 0 aromatic heterocycles. The number of hydrogen-bond donors (Lipinski definition) is 3. The first kappa shape index (κ1) is 16.7. The van der Waals surface area contributed by atoms with Crippen molar-refractivity contribution < 1.29 is 24.6 Å². The maximum Gasteiger partial charge on any atom is 0.326 e. The van der Waals surface area contributed by atoms with Crippen LogP contribution in [0.5, 0.6) is 0 Å². The van der Waals surface area contributed by atoms with Gasteiger partial charge in [0.2, 0.25) is 0 Å². The molecule has 1 aromatic carbocycles. The quantitative estimate of drug-likeness (QED) is 0.765. The van der Waals surface area contributed by atoms with Gasteiger partial charge in [0, 0.05) is 5.56 Å². The van der Waals surface area contributed by atoms with E-state index in [9.17, 15) is 14.4 Å². The Hall–Kier alpha value is -2.37. The molecule has 0 aliphatic carbocycles. The predicted molar refractivity (Wildman–Crippen MR) is 76.3 cm³/mol. The molecule has 0 bridgehead atoms. The standard InChI is InChI=1S/C15H19NO5/c1-15(2,3)10-6-4-9(5-7-10)13(19)16-11(14(20)21)8-12(17)18/h4-7,11H,8H2,1-3H3,(H,16,19)(H,17,18)(H,20,21)/t11-/m0/s1. The van der Waals surface area contributed by atoms with Crippen molar-refractivity contribution in [2.45, 2.75) is 38.6 Å². The summed E-state index contributed by atoms with van der Waals surface area (Å²) in [6.07, 6.45) is -0.666. The molecule has 114 valence electrons. The minimum Gasteiger partial charge on any atom is -0.481 e. The Morgan fingerprint density at radius 1 is 1.10 bits per heavy atom. The summed E-state index contributed by atoms with van der Waals surface area (Å²) in [6, 6.07) is 5.33. The van der Waals surface area contributed by atoms with Crippen LogP contribution in [-0.4, -0.2) is 34.1 Å². The topological polar surface area (TPSA) is 104 Å². The number of nitrogens with one attached hydrogen (secondary N) is 1. The van der Waals surface area contributed by atoms with E-state index in [0.29, 0.717) is 5.56 Å². The number of carbonyl (C=O) groups excluding carboxylic acids is 1. The normalized spacial score (nSPS) is 12.5. The van der Waals surface area contributed by atoms with Crippen molar-refractivity contribution in [2.24, 2.45) is 0 Å². The van der Waals surface area contributed by atoms with Gasteiger partial charge >= 0.3 is 11.9 Å². The molecule has 0 radical (unpaired) electrons. The average molecular weight is 293 g/mol. The summed E-state index contributed by atoms with van der Waals surface area (Å²) in [7, 11) is 0. The zero-order valence-corrected chi connectivity index (χ0v) is 12.2. The van der Waals surface area contributed by atoms with Gasteiger partial charge in [-0.05, 0) is 23.1 Å². The number of carbonyl (C=O) groups is 3. The molecule has 0 spiro atoms. The van der Waals surface area contributed by atoms with E-state index in [0.717, 1.165) is 5.56 Å². The lowest BCUT2D eigenvalue weighted by Gasteiger charge is -2.19. The van der Waals surface area contributed by atoms with Gasteiger partial charge in [-0.1, -0.05) is 32.9 Å². The Balaban J connectivity index is 2.83. The summed E-state index contributed by atoms with van der Waals surface area (Å²) >= 11 is 0. The van der Waals surface area contributed by atoms with Crippen LogP contribution in [-0.2, 0) is 15.0 Å². The van der Waals surface area contributed by atoms with Gasteiger partial charge in [-0.2, -0.15) is 0 Å². The molecular formula is C15H19NO5. The molecule has 0 saturated heterocycles. The molecule has 0 unspecified atom stereocenters. The summed E-state index contributed by atoms with van der Waals surface area (Å²) in [6.45, 7) is 6.11. The average Bonchev–Trinajstić information content (AvgIpc) is 2.36. The number of aliphatic carboxylic acids is 2. The monoisotopic (exact) mass is 293 g/mol. The third kappa shape index (κ3) is 4.91. The van der Waals surface area contributed by atoms with Crippen LogP contribution >= 0.6 is 0 Å². The zero-order chi connectivity index (χ0) is 16.2. The van der Waals surface area contributed by atoms with E-state index in [1.165, 1.54) is 0 Å². The molecule has 0 aliphatic heterocycles. The second kappa shape index (κ2) is 6.39. The number of benzene rings is 1. The summed E-state index contributed by atoms with van der Waals surface area (Å²) in [5.74, 6) is -3.27. The number of rotatable bonds is 5. The van der Waals surface area contributed by atoms with Crippen molar-refractivity contribution in [1.82, 2.24) is 5.32 Å². The van der Waals surface area contributed by atoms with Crippen molar-refractivity contribution >= 4 is 17.8 Å². The maximum atomic E-state index is 11.9. The molecular weight excluding hydrogens is 274 g/mol. The minimum absolute atomic E-state index is 0.0537. The van der Waals surface area contributed by atoms with E-state index in [4.69, 9.17) is 10.2 Å².